The quantitative estimate of drug-likeness (QED) is 0.479. The first-order chi connectivity index (χ1) is 8.25. The van der Waals surface area contributed by atoms with Crippen molar-refractivity contribution in [2.24, 2.45) is 0 Å². The van der Waals surface area contributed by atoms with Gasteiger partial charge in [0.1, 0.15) is 5.75 Å². The monoisotopic (exact) mass is 227 g/mol. The lowest BCUT2D eigenvalue weighted by Crippen LogP contribution is -1.94. The summed E-state index contributed by atoms with van der Waals surface area (Å²) in [5.41, 5.74) is 7.36. The zero-order valence-electron chi connectivity index (χ0n) is 8.78. The van der Waals surface area contributed by atoms with E-state index in [1.54, 1.807) is 28.9 Å². The predicted octanol–water partition coefficient (Wildman–Crippen LogP) is 1.08. The van der Waals surface area contributed by atoms with E-state index in [1.165, 1.54) is 6.07 Å². The molecule has 2 heterocycles. The van der Waals surface area contributed by atoms with Crippen LogP contribution in [0.5, 0.6) is 5.75 Å². The minimum atomic E-state index is 0.0514. The summed E-state index contributed by atoms with van der Waals surface area (Å²) in [5.74, 6) is 0.642. The van der Waals surface area contributed by atoms with E-state index in [0.717, 1.165) is 5.56 Å². The summed E-state index contributed by atoms with van der Waals surface area (Å²) in [7, 11) is 0. The summed E-state index contributed by atoms with van der Waals surface area (Å²) in [4.78, 5) is 0. The Morgan fingerprint density at radius 3 is 2.88 bits per heavy atom. The lowest BCUT2D eigenvalue weighted by molar-refractivity contribution is 0.478. The molecular formula is C11H9N5O. The van der Waals surface area contributed by atoms with Crippen molar-refractivity contribution >= 4 is 11.3 Å². The second-order valence-corrected chi connectivity index (χ2v) is 3.59. The minimum absolute atomic E-state index is 0.0514. The average Bonchev–Trinajstić information content (AvgIpc) is 2.76. The maximum atomic E-state index is 9.37. The van der Waals surface area contributed by atoms with E-state index in [0.29, 0.717) is 17.2 Å². The summed E-state index contributed by atoms with van der Waals surface area (Å²) >= 11 is 0. The minimum Gasteiger partial charge on any atom is -0.506 e. The fourth-order valence-electron chi connectivity index (χ4n) is 1.62. The van der Waals surface area contributed by atoms with E-state index in [4.69, 9.17) is 5.73 Å². The number of anilines is 1. The standard InChI is InChI=1S/C11H9N5O/c12-8-6-7(3-4-9(8)17)11-15-14-10-2-1-5-13-16(10)11/h1-6,17H,12H2. The van der Waals surface area contributed by atoms with Gasteiger partial charge in [-0.15, -0.1) is 10.2 Å². The Kier molecular flexibility index (Phi) is 1.94. The summed E-state index contributed by atoms with van der Waals surface area (Å²) in [6.45, 7) is 0. The van der Waals surface area contributed by atoms with Crippen LogP contribution in [0.1, 0.15) is 0 Å². The second kappa shape index (κ2) is 3.44. The van der Waals surface area contributed by atoms with Crippen molar-refractivity contribution in [3.05, 3.63) is 36.5 Å². The van der Waals surface area contributed by atoms with E-state index in [2.05, 4.69) is 15.3 Å². The Hall–Kier alpha value is -2.63. The third-order valence-electron chi connectivity index (χ3n) is 2.46. The molecule has 3 N–H and O–H groups in total. The average molecular weight is 227 g/mol. The van der Waals surface area contributed by atoms with Crippen LogP contribution < -0.4 is 5.73 Å². The van der Waals surface area contributed by atoms with Gasteiger partial charge in [0, 0.05) is 11.8 Å². The predicted molar refractivity (Wildman–Crippen MR) is 62.3 cm³/mol. The number of nitrogens with two attached hydrogens (primary N) is 1. The molecule has 2 aromatic heterocycles. The maximum Gasteiger partial charge on any atom is 0.185 e. The number of nitrogens with zero attached hydrogens (tertiary/aromatic N) is 4. The molecular weight excluding hydrogens is 218 g/mol. The van der Waals surface area contributed by atoms with Gasteiger partial charge in [-0.2, -0.15) is 9.61 Å². The number of rotatable bonds is 1. The first-order valence-electron chi connectivity index (χ1n) is 5.01. The van der Waals surface area contributed by atoms with Crippen LogP contribution in [-0.4, -0.2) is 24.9 Å². The molecule has 3 aromatic rings. The lowest BCUT2D eigenvalue weighted by atomic mass is 10.2. The van der Waals surface area contributed by atoms with Crippen LogP contribution in [0.2, 0.25) is 0 Å². The Labute approximate surface area is 96.3 Å². The molecule has 3 rings (SSSR count). The van der Waals surface area contributed by atoms with Gasteiger partial charge in [-0.1, -0.05) is 0 Å². The van der Waals surface area contributed by atoms with Crippen molar-refractivity contribution in [1.29, 1.82) is 0 Å². The maximum absolute atomic E-state index is 9.37. The second-order valence-electron chi connectivity index (χ2n) is 3.59. The first kappa shape index (κ1) is 9.59. The van der Waals surface area contributed by atoms with Gasteiger partial charge in [-0.05, 0) is 30.3 Å². The Morgan fingerprint density at radius 1 is 1.18 bits per heavy atom. The van der Waals surface area contributed by atoms with Gasteiger partial charge in [0.15, 0.2) is 11.5 Å². The smallest absolute Gasteiger partial charge is 0.185 e. The third kappa shape index (κ3) is 1.46. The van der Waals surface area contributed by atoms with Crippen LogP contribution in [-0.2, 0) is 0 Å². The van der Waals surface area contributed by atoms with E-state index in [9.17, 15) is 5.11 Å². The van der Waals surface area contributed by atoms with Crippen molar-refractivity contribution in [3.63, 3.8) is 0 Å². The Morgan fingerprint density at radius 2 is 2.06 bits per heavy atom. The molecule has 0 bridgehead atoms. The van der Waals surface area contributed by atoms with Crippen molar-refractivity contribution in [2.75, 3.05) is 5.73 Å². The molecule has 0 atom stereocenters. The molecule has 0 aliphatic carbocycles. The largest absolute Gasteiger partial charge is 0.506 e. The van der Waals surface area contributed by atoms with Crippen LogP contribution in [0.15, 0.2) is 36.5 Å². The summed E-state index contributed by atoms with van der Waals surface area (Å²) in [5, 5.41) is 21.6. The van der Waals surface area contributed by atoms with Gasteiger partial charge in [0.05, 0.1) is 5.69 Å². The molecule has 0 amide bonds. The van der Waals surface area contributed by atoms with Gasteiger partial charge >= 0.3 is 0 Å². The number of phenols is 1. The molecule has 0 saturated heterocycles. The van der Waals surface area contributed by atoms with Crippen LogP contribution in [0, 0.1) is 0 Å². The van der Waals surface area contributed by atoms with Crippen LogP contribution in [0.3, 0.4) is 0 Å². The molecule has 6 heteroatoms. The zero-order valence-corrected chi connectivity index (χ0v) is 8.78. The van der Waals surface area contributed by atoms with Crippen molar-refractivity contribution in [2.45, 2.75) is 0 Å². The van der Waals surface area contributed by atoms with Crippen molar-refractivity contribution < 1.29 is 5.11 Å². The fourth-order valence-corrected chi connectivity index (χ4v) is 1.62. The molecule has 6 nitrogen and oxygen atoms in total. The van der Waals surface area contributed by atoms with Crippen molar-refractivity contribution in [3.8, 4) is 17.1 Å². The van der Waals surface area contributed by atoms with E-state index in [-0.39, 0.29) is 5.75 Å². The van der Waals surface area contributed by atoms with Crippen molar-refractivity contribution in [1.82, 2.24) is 19.8 Å². The third-order valence-corrected chi connectivity index (χ3v) is 2.46. The number of aromatic hydroxyl groups is 1. The number of fused-ring (bicyclic) bond motifs is 1. The van der Waals surface area contributed by atoms with Crippen LogP contribution in [0.25, 0.3) is 17.0 Å². The molecule has 0 unspecified atom stereocenters. The van der Waals surface area contributed by atoms with E-state index < -0.39 is 0 Å². The van der Waals surface area contributed by atoms with Crippen LogP contribution >= 0.6 is 0 Å². The molecule has 0 saturated carbocycles. The molecule has 1 aromatic carbocycles. The number of benzene rings is 1. The van der Waals surface area contributed by atoms with Gasteiger partial charge in [0.2, 0.25) is 0 Å². The van der Waals surface area contributed by atoms with Crippen LogP contribution in [0.4, 0.5) is 5.69 Å². The molecule has 0 aliphatic rings. The van der Waals surface area contributed by atoms with E-state index in [1.807, 2.05) is 6.07 Å². The fraction of sp³-hybridized carbons (Fsp3) is 0. The molecule has 0 radical (unpaired) electrons. The number of phenolic OH excluding ortho intramolecular Hbond substituents is 1. The highest BCUT2D eigenvalue weighted by Crippen LogP contribution is 2.26. The highest BCUT2D eigenvalue weighted by molar-refractivity contribution is 5.67. The zero-order chi connectivity index (χ0) is 11.8. The van der Waals surface area contributed by atoms with Gasteiger partial charge in [-0.3, -0.25) is 0 Å². The molecule has 84 valence electrons. The summed E-state index contributed by atoms with van der Waals surface area (Å²) in [6, 6.07) is 8.48. The Bertz CT molecular complexity index is 691. The summed E-state index contributed by atoms with van der Waals surface area (Å²) < 4.78 is 1.62. The molecule has 0 spiro atoms. The lowest BCUT2D eigenvalue weighted by Gasteiger charge is -2.02. The number of hydrogen-bond acceptors (Lipinski definition) is 5. The van der Waals surface area contributed by atoms with Gasteiger partial charge in [0.25, 0.3) is 0 Å². The van der Waals surface area contributed by atoms with Gasteiger partial charge in [-0.25, -0.2) is 0 Å². The first-order valence-corrected chi connectivity index (χ1v) is 5.01. The molecule has 17 heavy (non-hydrogen) atoms. The highest BCUT2D eigenvalue weighted by atomic mass is 16.3. The van der Waals surface area contributed by atoms with Gasteiger partial charge < -0.3 is 10.8 Å². The normalized spacial score (nSPS) is 10.8. The topological polar surface area (TPSA) is 89.3 Å². The SMILES string of the molecule is Nc1cc(-c2nnc3cccnn23)ccc1O. The number of aromatic nitrogens is 4. The molecule has 0 aliphatic heterocycles. The Balaban J connectivity index is 2.24. The highest BCUT2D eigenvalue weighted by Gasteiger charge is 2.09. The summed E-state index contributed by atoms with van der Waals surface area (Å²) in [6.07, 6.45) is 1.66. The number of nitrogen functional groups attached to an aromatic ring is 1. The van der Waals surface area contributed by atoms with E-state index >= 15 is 0 Å². The molecule has 0 fully saturated rings. The number of hydrogen-bond donors (Lipinski definition) is 2.